The highest BCUT2D eigenvalue weighted by atomic mass is 32.2. The lowest BCUT2D eigenvalue weighted by atomic mass is 9.85. The van der Waals surface area contributed by atoms with E-state index in [4.69, 9.17) is 0 Å². The molecule has 0 saturated heterocycles. The van der Waals surface area contributed by atoms with Gasteiger partial charge < -0.3 is 5.11 Å². The summed E-state index contributed by atoms with van der Waals surface area (Å²) in [6.45, 7) is 2.48. The maximum Gasteiger partial charge on any atom is 0.0581 e. The van der Waals surface area contributed by atoms with Crippen LogP contribution in [0.3, 0.4) is 0 Å². The highest BCUT2D eigenvalue weighted by Crippen LogP contribution is 2.47. The molecule has 1 aromatic rings. The molecule has 1 aliphatic carbocycles. The van der Waals surface area contributed by atoms with Crippen LogP contribution in [0.4, 0.5) is 0 Å². The van der Waals surface area contributed by atoms with Crippen LogP contribution in [0, 0.1) is 0 Å². The lowest BCUT2D eigenvalue weighted by Gasteiger charge is -2.39. The summed E-state index contributed by atoms with van der Waals surface area (Å²) in [6, 6.07) is 8.73. The van der Waals surface area contributed by atoms with E-state index >= 15 is 0 Å². The van der Waals surface area contributed by atoms with Crippen LogP contribution in [0.2, 0.25) is 0 Å². The van der Waals surface area contributed by atoms with Gasteiger partial charge in [-0.05, 0) is 37.0 Å². The highest BCUT2D eigenvalue weighted by Gasteiger charge is 2.37. The summed E-state index contributed by atoms with van der Waals surface area (Å²) in [5, 5.41) is 9.38. The lowest BCUT2D eigenvalue weighted by Crippen LogP contribution is -2.37. The number of aryl methyl sites for hydroxylation is 1. The molecular weight excluding hydrogens is 204 g/mol. The Balaban J connectivity index is 2.03. The van der Waals surface area contributed by atoms with E-state index in [2.05, 4.69) is 31.2 Å². The molecule has 1 aromatic carbocycles. The molecule has 0 atom stereocenters. The highest BCUT2D eigenvalue weighted by molar-refractivity contribution is 8.00. The van der Waals surface area contributed by atoms with Gasteiger partial charge in [0.05, 0.1) is 6.61 Å². The molecule has 2 heteroatoms. The first-order chi connectivity index (χ1) is 7.28. The van der Waals surface area contributed by atoms with Crippen LogP contribution >= 0.6 is 11.8 Å². The van der Waals surface area contributed by atoms with Gasteiger partial charge in [0.1, 0.15) is 0 Å². The molecule has 1 fully saturated rings. The fourth-order valence-electron chi connectivity index (χ4n) is 1.91. The van der Waals surface area contributed by atoms with Crippen molar-refractivity contribution >= 4 is 11.8 Å². The van der Waals surface area contributed by atoms with Crippen molar-refractivity contribution < 1.29 is 5.11 Å². The van der Waals surface area contributed by atoms with Gasteiger partial charge in [0.15, 0.2) is 0 Å². The second kappa shape index (κ2) is 4.58. The second-order valence-electron chi connectivity index (χ2n) is 4.29. The van der Waals surface area contributed by atoms with Crippen LogP contribution in [-0.4, -0.2) is 16.5 Å². The van der Waals surface area contributed by atoms with Crippen molar-refractivity contribution in [2.24, 2.45) is 0 Å². The van der Waals surface area contributed by atoms with Gasteiger partial charge in [0, 0.05) is 9.64 Å². The third-order valence-corrected chi connectivity index (χ3v) is 4.70. The predicted molar refractivity (Wildman–Crippen MR) is 65.3 cm³/mol. The normalized spacial score (nSPS) is 18.5. The smallest absolute Gasteiger partial charge is 0.0581 e. The molecule has 1 nitrogen and oxygen atoms in total. The van der Waals surface area contributed by atoms with Gasteiger partial charge in [-0.2, -0.15) is 0 Å². The molecular formula is C13H18OS. The van der Waals surface area contributed by atoms with E-state index in [1.165, 1.54) is 16.9 Å². The zero-order valence-electron chi connectivity index (χ0n) is 9.20. The average molecular weight is 222 g/mol. The van der Waals surface area contributed by atoms with Crippen molar-refractivity contribution in [3.8, 4) is 0 Å². The van der Waals surface area contributed by atoms with E-state index in [1.807, 2.05) is 11.8 Å². The van der Waals surface area contributed by atoms with Gasteiger partial charge in [-0.25, -0.2) is 0 Å². The van der Waals surface area contributed by atoms with Gasteiger partial charge in [-0.1, -0.05) is 25.5 Å². The fraction of sp³-hybridized carbons (Fsp3) is 0.538. The first-order valence-electron chi connectivity index (χ1n) is 5.67. The Labute approximate surface area is 95.9 Å². The van der Waals surface area contributed by atoms with E-state index < -0.39 is 0 Å². The minimum absolute atomic E-state index is 0.133. The Hall–Kier alpha value is -0.470. The molecule has 0 spiro atoms. The van der Waals surface area contributed by atoms with Gasteiger partial charge in [-0.3, -0.25) is 0 Å². The van der Waals surface area contributed by atoms with Crippen LogP contribution in [0.25, 0.3) is 0 Å². The number of benzene rings is 1. The Morgan fingerprint density at radius 2 is 1.93 bits per heavy atom. The zero-order chi connectivity index (χ0) is 10.7. The quantitative estimate of drug-likeness (QED) is 0.844. The third-order valence-electron chi connectivity index (χ3n) is 3.22. The topological polar surface area (TPSA) is 20.2 Å². The summed E-state index contributed by atoms with van der Waals surface area (Å²) in [5.41, 5.74) is 1.38. The van der Waals surface area contributed by atoms with Gasteiger partial charge >= 0.3 is 0 Å². The molecule has 0 aliphatic heterocycles. The largest absolute Gasteiger partial charge is 0.395 e. The van der Waals surface area contributed by atoms with E-state index in [0.29, 0.717) is 6.61 Å². The molecule has 15 heavy (non-hydrogen) atoms. The van der Waals surface area contributed by atoms with Crippen molar-refractivity contribution in [3.05, 3.63) is 29.8 Å². The molecule has 0 amide bonds. The van der Waals surface area contributed by atoms with Crippen molar-refractivity contribution in [1.29, 1.82) is 0 Å². The van der Waals surface area contributed by atoms with Crippen molar-refractivity contribution in [1.82, 2.24) is 0 Å². The molecule has 0 radical (unpaired) electrons. The van der Waals surface area contributed by atoms with Crippen LogP contribution < -0.4 is 0 Å². The summed E-state index contributed by atoms with van der Waals surface area (Å²) >= 11 is 1.85. The van der Waals surface area contributed by atoms with Crippen molar-refractivity contribution in [2.75, 3.05) is 6.61 Å². The predicted octanol–water partition coefficient (Wildman–Crippen LogP) is 3.26. The van der Waals surface area contributed by atoms with Crippen LogP contribution in [-0.2, 0) is 6.42 Å². The molecule has 1 N–H and O–H groups in total. The van der Waals surface area contributed by atoms with E-state index in [1.54, 1.807) is 0 Å². The minimum atomic E-state index is 0.133. The minimum Gasteiger partial charge on any atom is -0.395 e. The van der Waals surface area contributed by atoms with Crippen LogP contribution in [0.15, 0.2) is 29.2 Å². The van der Waals surface area contributed by atoms with Crippen molar-refractivity contribution in [2.45, 2.75) is 42.2 Å². The SMILES string of the molecule is CCc1ccc(SC2(CO)CCC2)cc1. The maximum atomic E-state index is 9.38. The number of aliphatic hydroxyl groups excluding tert-OH is 1. The van der Waals surface area contributed by atoms with Gasteiger partial charge in [-0.15, -0.1) is 11.8 Å². The van der Waals surface area contributed by atoms with E-state index in [0.717, 1.165) is 19.3 Å². The maximum absolute atomic E-state index is 9.38. The first-order valence-corrected chi connectivity index (χ1v) is 6.48. The lowest BCUT2D eigenvalue weighted by molar-refractivity contribution is 0.191. The third kappa shape index (κ3) is 2.37. The summed E-state index contributed by atoms with van der Waals surface area (Å²) in [4.78, 5) is 1.29. The van der Waals surface area contributed by atoms with Gasteiger partial charge in [0.2, 0.25) is 0 Å². The molecule has 0 aromatic heterocycles. The Kier molecular flexibility index (Phi) is 3.37. The van der Waals surface area contributed by atoms with Crippen molar-refractivity contribution in [3.63, 3.8) is 0 Å². The summed E-state index contributed by atoms with van der Waals surface area (Å²) in [7, 11) is 0. The fourth-order valence-corrected chi connectivity index (χ4v) is 3.24. The Bertz CT molecular complexity index is 308. The number of rotatable bonds is 4. The Morgan fingerprint density at radius 1 is 1.27 bits per heavy atom. The molecule has 0 bridgehead atoms. The molecule has 1 saturated carbocycles. The monoisotopic (exact) mass is 222 g/mol. The molecule has 0 unspecified atom stereocenters. The number of hydrogen-bond donors (Lipinski definition) is 1. The second-order valence-corrected chi connectivity index (χ2v) is 5.84. The van der Waals surface area contributed by atoms with E-state index in [-0.39, 0.29) is 4.75 Å². The molecule has 0 heterocycles. The van der Waals surface area contributed by atoms with Gasteiger partial charge in [0.25, 0.3) is 0 Å². The summed E-state index contributed by atoms with van der Waals surface area (Å²) in [6.07, 6.45) is 4.67. The summed E-state index contributed by atoms with van der Waals surface area (Å²) in [5.74, 6) is 0. The standard InChI is InChI=1S/C13H18OS/c1-2-11-4-6-12(7-5-11)15-13(10-14)8-3-9-13/h4-7,14H,2-3,8-10H2,1H3. The molecule has 1 aliphatic rings. The Morgan fingerprint density at radius 3 is 2.33 bits per heavy atom. The average Bonchev–Trinajstić information content (AvgIpc) is 2.24. The first kappa shape index (κ1) is 11.0. The number of aliphatic hydroxyl groups is 1. The number of hydrogen-bond acceptors (Lipinski definition) is 2. The van der Waals surface area contributed by atoms with Crippen LogP contribution in [0.5, 0.6) is 0 Å². The summed E-state index contributed by atoms with van der Waals surface area (Å²) < 4.78 is 0.133. The van der Waals surface area contributed by atoms with Crippen LogP contribution in [0.1, 0.15) is 31.7 Å². The molecule has 82 valence electrons. The zero-order valence-corrected chi connectivity index (χ0v) is 10.0. The number of thioether (sulfide) groups is 1. The molecule has 2 rings (SSSR count). The van der Waals surface area contributed by atoms with E-state index in [9.17, 15) is 5.11 Å².